The van der Waals surface area contributed by atoms with Gasteiger partial charge in [0.25, 0.3) is 0 Å². The summed E-state index contributed by atoms with van der Waals surface area (Å²) in [7, 11) is -2.08. The highest BCUT2D eigenvalue weighted by Gasteiger charge is 2.34. The molecule has 114 valence electrons. The maximum Gasteiger partial charge on any atom is 0.337 e. The van der Waals surface area contributed by atoms with Gasteiger partial charge in [0.15, 0.2) is 0 Å². The van der Waals surface area contributed by atoms with Crippen LogP contribution in [-0.2, 0) is 18.4 Å². The minimum absolute atomic E-state index is 0. The van der Waals surface area contributed by atoms with Crippen LogP contribution < -0.4 is 0 Å². The Kier molecular flexibility index (Phi) is 12.5. The zero-order chi connectivity index (χ0) is 14.0. The average Bonchev–Trinajstić information content (AvgIpc) is 2.34. The molecule has 0 atom stereocenters. The minimum atomic E-state index is -2.08. The third-order valence-corrected chi connectivity index (χ3v) is 6.46. The first-order valence-corrected chi connectivity index (χ1v) is 8.85. The van der Waals surface area contributed by atoms with Crippen molar-refractivity contribution < 1.29 is 18.4 Å². The number of carbonyl (C=O) groups excluding carboxylic acids is 1. The van der Waals surface area contributed by atoms with E-state index in [1.54, 1.807) is 6.92 Å². The zero-order valence-corrected chi connectivity index (χ0v) is 13.1. The second-order valence-corrected chi connectivity index (χ2v) is 7.76. The summed E-state index contributed by atoms with van der Waals surface area (Å²) >= 11 is 0. The van der Waals surface area contributed by atoms with E-state index in [2.05, 4.69) is 13.5 Å². The molecule has 0 radical (unpaired) electrons. The zero-order valence-electron chi connectivity index (χ0n) is 12.1. The van der Waals surface area contributed by atoms with Gasteiger partial charge in [-0.25, -0.2) is 4.79 Å². The van der Waals surface area contributed by atoms with Gasteiger partial charge in [0.05, 0.1) is 6.61 Å². The third kappa shape index (κ3) is 8.36. The van der Waals surface area contributed by atoms with Crippen molar-refractivity contribution in [2.45, 2.75) is 46.2 Å². The Labute approximate surface area is 122 Å². The van der Waals surface area contributed by atoms with E-state index in [-0.39, 0.29) is 16.9 Å². The molecule has 6 heteroatoms. The molecule has 0 fully saturated rings. The molecule has 0 aromatic rings. The summed E-state index contributed by atoms with van der Waals surface area (Å²) in [5, 5.41) is 0. The molecule has 0 rings (SSSR count). The Balaban J connectivity index is 0. The third-order valence-electron chi connectivity index (χ3n) is 2.64. The van der Waals surface area contributed by atoms with Crippen LogP contribution in [0.3, 0.4) is 0 Å². The fourth-order valence-electron chi connectivity index (χ4n) is 1.72. The second-order valence-electron chi connectivity index (χ2n) is 4.15. The van der Waals surface area contributed by atoms with Crippen LogP contribution in [0.15, 0.2) is 12.2 Å². The highest BCUT2D eigenvalue weighted by atomic mass is 28.4. The predicted molar refractivity (Wildman–Crippen MR) is 86.0 cm³/mol. The Morgan fingerprint density at radius 2 is 1.68 bits per heavy atom. The summed E-state index contributed by atoms with van der Waals surface area (Å²) in [4.78, 5) is 11.2. The normalized spacial score (nSPS) is 10.7. The second kappa shape index (κ2) is 11.4. The highest BCUT2D eigenvalue weighted by molar-refractivity contribution is 6.67. The fourth-order valence-corrected chi connectivity index (χ4v) is 4.59. The molecule has 0 saturated heterocycles. The highest BCUT2D eigenvalue weighted by Crippen LogP contribution is 2.21. The van der Waals surface area contributed by atoms with Crippen LogP contribution in [0.25, 0.3) is 0 Å². The van der Waals surface area contributed by atoms with Crippen LogP contribution in [0.4, 0.5) is 0 Å². The average molecular weight is 307 g/mol. The first kappa shape index (κ1) is 20.9. The van der Waals surface area contributed by atoms with E-state index in [1.165, 1.54) is 0 Å². The summed E-state index contributed by atoms with van der Waals surface area (Å²) in [6, 6.07) is 1.78. The largest absolute Gasteiger partial charge is 0.462 e. The molecule has 0 amide bonds. The Hall–Kier alpha value is -0.436. The van der Waals surface area contributed by atoms with E-state index in [0.717, 1.165) is 18.5 Å². The van der Waals surface area contributed by atoms with Gasteiger partial charge >= 0.3 is 14.5 Å². The number of rotatable bonds is 10. The monoisotopic (exact) mass is 306 g/mol. The van der Waals surface area contributed by atoms with Crippen molar-refractivity contribution in [1.29, 1.82) is 0 Å². The van der Waals surface area contributed by atoms with Gasteiger partial charge in [-0.3, -0.25) is 0 Å². The molecule has 0 aromatic carbocycles. The molecule has 0 aliphatic carbocycles. The quantitative estimate of drug-likeness (QED) is 0.266. The summed E-state index contributed by atoms with van der Waals surface area (Å²) < 4.78 is 16.7. The lowest BCUT2D eigenvalue weighted by Gasteiger charge is -2.28. The van der Waals surface area contributed by atoms with Gasteiger partial charge in [-0.2, -0.15) is 0 Å². The standard InChI is InChI=1S/C13H26O4Si.H4Si/c1-6-16-18(8-3,17-7-2)11-9-10-15-13(14)12(4)5;/h4,6-11H2,1-3,5H3;1H4. The number of hydrogen-bond acceptors (Lipinski definition) is 4. The SMILES string of the molecule is C=C(C)C(=O)OCCC[Si](CC)(OCC)OCC.[SiH4]. The molecule has 0 aliphatic heterocycles. The van der Waals surface area contributed by atoms with E-state index in [9.17, 15) is 4.79 Å². The summed E-state index contributed by atoms with van der Waals surface area (Å²) in [5.74, 6) is -0.327. The number of ether oxygens (including phenoxy) is 1. The summed E-state index contributed by atoms with van der Waals surface area (Å²) in [6.07, 6.45) is 0.777. The molecule has 0 N–H and O–H groups in total. The Morgan fingerprint density at radius 1 is 1.16 bits per heavy atom. The molecule has 4 nitrogen and oxygen atoms in total. The molecule has 0 aliphatic rings. The van der Waals surface area contributed by atoms with Gasteiger partial charge in [0.2, 0.25) is 0 Å². The Bertz CT molecular complexity index is 263. The number of esters is 1. The maximum atomic E-state index is 11.2. The first-order valence-electron chi connectivity index (χ1n) is 6.61. The molecular weight excluding hydrogens is 276 g/mol. The Morgan fingerprint density at radius 3 is 2.05 bits per heavy atom. The van der Waals surface area contributed by atoms with Gasteiger partial charge in [-0.15, -0.1) is 0 Å². The predicted octanol–water partition coefficient (Wildman–Crippen LogP) is 1.58. The molecule has 0 unspecified atom stereocenters. The minimum Gasteiger partial charge on any atom is -0.462 e. The fraction of sp³-hybridized carbons (Fsp3) is 0.769. The summed E-state index contributed by atoms with van der Waals surface area (Å²) in [5.41, 5.74) is 0.434. The van der Waals surface area contributed by atoms with Gasteiger partial charge in [0, 0.05) is 18.8 Å². The van der Waals surface area contributed by atoms with Gasteiger partial charge in [0.1, 0.15) is 0 Å². The molecule has 0 aromatic heterocycles. The van der Waals surface area contributed by atoms with Crippen LogP contribution in [-0.4, -0.2) is 45.3 Å². The lowest BCUT2D eigenvalue weighted by Crippen LogP contribution is -2.41. The lowest BCUT2D eigenvalue weighted by atomic mass is 10.4. The molecule has 19 heavy (non-hydrogen) atoms. The number of hydrogen-bond donors (Lipinski definition) is 0. The summed E-state index contributed by atoms with van der Waals surface area (Å²) in [6.45, 7) is 13.0. The van der Waals surface area contributed by atoms with E-state index in [1.807, 2.05) is 13.8 Å². The van der Waals surface area contributed by atoms with Crippen molar-refractivity contribution in [3.05, 3.63) is 12.2 Å². The smallest absolute Gasteiger partial charge is 0.337 e. The van der Waals surface area contributed by atoms with Crippen molar-refractivity contribution in [3.8, 4) is 0 Å². The molecule has 0 spiro atoms. The van der Waals surface area contributed by atoms with Crippen LogP contribution in [0.1, 0.15) is 34.1 Å². The molecule has 0 bridgehead atoms. The van der Waals surface area contributed by atoms with Crippen LogP contribution in [0, 0.1) is 0 Å². The van der Waals surface area contributed by atoms with Gasteiger partial charge in [-0.05, 0) is 50.2 Å². The number of carbonyl (C=O) groups is 1. The molecular formula is C13H30O4Si2. The molecule has 0 saturated carbocycles. The topological polar surface area (TPSA) is 44.8 Å². The van der Waals surface area contributed by atoms with Crippen molar-refractivity contribution in [1.82, 2.24) is 0 Å². The van der Waals surface area contributed by atoms with Gasteiger partial charge in [-0.1, -0.05) is 13.5 Å². The maximum absolute atomic E-state index is 11.2. The van der Waals surface area contributed by atoms with Crippen molar-refractivity contribution >= 4 is 25.5 Å². The van der Waals surface area contributed by atoms with Crippen LogP contribution in [0.5, 0.6) is 0 Å². The van der Waals surface area contributed by atoms with E-state index in [4.69, 9.17) is 13.6 Å². The lowest BCUT2D eigenvalue weighted by molar-refractivity contribution is -0.138. The van der Waals surface area contributed by atoms with Crippen LogP contribution in [0.2, 0.25) is 12.1 Å². The van der Waals surface area contributed by atoms with Gasteiger partial charge < -0.3 is 13.6 Å². The van der Waals surface area contributed by atoms with Crippen molar-refractivity contribution in [2.75, 3.05) is 19.8 Å². The van der Waals surface area contributed by atoms with Crippen LogP contribution >= 0.6 is 0 Å². The van der Waals surface area contributed by atoms with E-state index in [0.29, 0.717) is 25.4 Å². The van der Waals surface area contributed by atoms with Crippen molar-refractivity contribution in [2.24, 2.45) is 0 Å². The molecule has 0 heterocycles. The first-order chi connectivity index (χ1) is 8.51. The van der Waals surface area contributed by atoms with Crippen molar-refractivity contribution in [3.63, 3.8) is 0 Å². The van der Waals surface area contributed by atoms with E-state index < -0.39 is 8.56 Å². The van der Waals surface area contributed by atoms with E-state index >= 15 is 0 Å².